The molecule has 84 valence electrons. The third-order valence-corrected chi connectivity index (χ3v) is 2.16. The second-order valence-corrected chi connectivity index (χ2v) is 5.80. The molecule has 0 aliphatic rings. The first-order chi connectivity index (χ1) is 6.09. The Bertz CT molecular complexity index is 203. The molecule has 0 aromatic rings. The summed E-state index contributed by atoms with van der Waals surface area (Å²) in [4.78, 5) is 0. The molecule has 0 fully saturated rings. The standard InChI is InChI=1S/C12H24O2/c1-11(2,3)9(13)8-10(14-7)12(4,5)6/h8-9,13H,1-7H3/b10-8-. The van der Waals surface area contributed by atoms with E-state index >= 15 is 0 Å². The van der Waals surface area contributed by atoms with Crippen molar-refractivity contribution in [1.82, 2.24) is 0 Å². The van der Waals surface area contributed by atoms with Gasteiger partial charge in [0.1, 0.15) is 0 Å². The summed E-state index contributed by atoms with van der Waals surface area (Å²) in [5.74, 6) is 0.833. The van der Waals surface area contributed by atoms with Crippen molar-refractivity contribution >= 4 is 0 Å². The van der Waals surface area contributed by atoms with Crippen LogP contribution < -0.4 is 0 Å². The number of methoxy groups -OCH3 is 1. The largest absolute Gasteiger partial charge is 0.501 e. The summed E-state index contributed by atoms with van der Waals surface area (Å²) in [5.41, 5.74) is -0.198. The van der Waals surface area contributed by atoms with Gasteiger partial charge in [0.05, 0.1) is 19.0 Å². The molecular formula is C12H24O2. The van der Waals surface area contributed by atoms with E-state index in [1.807, 2.05) is 20.8 Å². The summed E-state index contributed by atoms with van der Waals surface area (Å²) in [6, 6.07) is 0. The van der Waals surface area contributed by atoms with Crippen molar-refractivity contribution in [3.05, 3.63) is 11.8 Å². The number of aliphatic hydroxyl groups is 1. The highest BCUT2D eigenvalue weighted by Crippen LogP contribution is 2.29. The summed E-state index contributed by atoms with van der Waals surface area (Å²) < 4.78 is 5.28. The van der Waals surface area contributed by atoms with Gasteiger partial charge in [-0.2, -0.15) is 0 Å². The number of allylic oxidation sites excluding steroid dienone is 1. The quantitative estimate of drug-likeness (QED) is 0.694. The van der Waals surface area contributed by atoms with Gasteiger partial charge in [-0.25, -0.2) is 0 Å². The third-order valence-electron chi connectivity index (χ3n) is 2.16. The van der Waals surface area contributed by atoms with E-state index in [1.165, 1.54) is 0 Å². The fraction of sp³-hybridized carbons (Fsp3) is 0.833. The number of aliphatic hydroxyl groups excluding tert-OH is 1. The Labute approximate surface area is 88.0 Å². The van der Waals surface area contributed by atoms with Gasteiger partial charge in [0.15, 0.2) is 0 Å². The molecule has 0 bridgehead atoms. The van der Waals surface area contributed by atoms with E-state index in [0.717, 1.165) is 5.76 Å². The topological polar surface area (TPSA) is 29.5 Å². The van der Waals surface area contributed by atoms with Crippen molar-refractivity contribution in [3.63, 3.8) is 0 Å². The van der Waals surface area contributed by atoms with Crippen LogP contribution in [0, 0.1) is 10.8 Å². The second kappa shape index (κ2) is 4.35. The highest BCUT2D eigenvalue weighted by Gasteiger charge is 2.24. The average molecular weight is 200 g/mol. The molecule has 0 aliphatic heterocycles. The smallest absolute Gasteiger partial charge is 0.0994 e. The lowest BCUT2D eigenvalue weighted by molar-refractivity contribution is 0.0951. The molecule has 2 heteroatoms. The van der Waals surface area contributed by atoms with E-state index in [2.05, 4.69) is 20.8 Å². The zero-order valence-corrected chi connectivity index (χ0v) is 10.5. The molecule has 14 heavy (non-hydrogen) atoms. The third kappa shape index (κ3) is 4.14. The van der Waals surface area contributed by atoms with Gasteiger partial charge in [0.2, 0.25) is 0 Å². The normalized spacial score (nSPS) is 16.7. The molecule has 0 saturated heterocycles. The van der Waals surface area contributed by atoms with Crippen LogP contribution >= 0.6 is 0 Å². The van der Waals surface area contributed by atoms with E-state index in [9.17, 15) is 5.11 Å². The molecule has 1 N–H and O–H groups in total. The summed E-state index contributed by atoms with van der Waals surface area (Å²) in [7, 11) is 1.65. The van der Waals surface area contributed by atoms with Gasteiger partial charge in [0, 0.05) is 5.41 Å². The number of rotatable bonds is 2. The lowest BCUT2D eigenvalue weighted by Crippen LogP contribution is -2.26. The maximum absolute atomic E-state index is 9.89. The van der Waals surface area contributed by atoms with Gasteiger partial charge in [-0.05, 0) is 11.5 Å². The molecule has 0 aromatic heterocycles. The first-order valence-electron chi connectivity index (χ1n) is 5.03. The van der Waals surface area contributed by atoms with Gasteiger partial charge in [-0.15, -0.1) is 0 Å². The van der Waals surface area contributed by atoms with Gasteiger partial charge in [-0.1, -0.05) is 41.5 Å². The molecule has 0 radical (unpaired) electrons. The van der Waals surface area contributed by atoms with E-state index in [-0.39, 0.29) is 10.8 Å². The molecule has 2 nitrogen and oxygen atoms in total. The van der Waals surface area contributed by atoms with Gasteiger partial charge >= 0.3 is 0 Å². The highest BCUT2D eigenvalue weighted by atomic mass is 16.5. The average Bonchev–Trinajstić information content (AvgIpc) is 1.95. The van der Waals surface area contributed by atoms with Crippen LogP contribution in [0.1, 0.15) is 41.5 Å². The van der Waals surface area contributed by atoms with Crippen LogP contribution in [-0.4, -0.2) is 18.3 Å². The van der Waals surface area contributed by atoms with Crippen molar-refractivity contribution in [2.24, 2.45) is 10.8 Å². The van der Waals surface area contributed by atoms with E-state index in [4.69, 9.17) is 4.74 Å². The van der Waals surface area contributed by atoms with Crippen LogP contribution in [0.5, 0.6) is 0 Å². The minimum absolute atomic E-state index is 0.0546. The van der Waals surface area contributed by atoms with Crippen molar-refractivity contribution in [2.45, 2.75) is 47.6 Å². The Morgan fingerprint density at radius 3 is 1.79 bits per heavy atom. The molecule has 1 unspecified atom stereocenters. The molecule has 0 heterocycles. The number of hydrogen-bond donors (Lipinski definition) is 1. The Kier molecular flexibility index (Phi) is 4.19. The maximum atomic E-state index is 9.89. The lowest BCUT2D eigenvalue weighted by Gasteiger charge is -2.27. The summed E-state index contributed by atoms with van der Waals surface area (Å²) in [6.07, 6.45) is 1.33. The second-order valence-electron chi connectivity index (χ2n) is 5.80. The SMILES string of the molecule is CO/C(=C\C(O)C(C)(C)C)C(C)(C)C. The number of hydrogen-bond acceptors (Lipinski definition) is 2. The maximum Gasteiger partial charge on any atom is 0.0994 e. The van der Waals surface area contributed by atoms with Crippen molar-refractivity contribution in [1.29, 1.82) is 0 Å². The van der Waals surface area contributed by atoms with Crippen molar-refractivity contribution < 1.29 is 9.84 Å². The van der Waals surface area contributed by atoms with Crippen LogP contribution in [0.2, 0.25) is 0 Å². The molecule has 0 amide bonds. The summed E-state index contributed by atoms with van der Waals surface area (Å²) >= 11 is 0. The molecule has 1 atom stereocenters. The molecule has 0 rings (SSSR count). The van der Waals surface area contributed by atoms with E-state index in [1.54, 1.807) is 13.2 Å². The Hall–Kier alpha value is -0.500. The summed E-state index contributed by atoms with van der Waals surface area (Å²) in [5, 5.41) is 9.89. The Balaban J connectivity index is 4.79. The minimum Gasteiger partial charge on any atom is -0.501 e. The molecule has 0 aliphatic carbocycles. The predicted molar refractivity (Wildman–Crippen MR) is 60.0 cm³/mol. The summed E-state index contributed by atoms with van der Waals surface area (Å²) in [6.45, 7) is 12.2. The van der Waals surface area contributed by atoms with E-state index < -0.39 is 6.10 Å². The van der Waals surface area contributed by atoms with Gasteiger partial charge in [0.25, 0.3) is 0 Å². The number of ether oxygens (including phenoxy) is 1. The molecule has 0 saturated carbocycles. The highest BCUT2D eigenvalue weighted by molar-refractivity contribution is 5.07. The minimum atomic E-state index is -0.475. The fourth-order valence-corrected chi connectivity index (χ4v) is 1.02. The van der Waals surface area contributed by atoms with Crippen LogP contribution in [0.15, 0.2) is 11.8 Å². The Morgan fingerprint density at radius 1 is 1.14 bits per heavy atom. The Morgan fingerprint density at radius 2 is 1.57 bits per heavy atom. The van der Waals surface area contributed by atoms with Crippen molar-refractivity contribution in [2.75, 3.05) is 7.11 Å². The molecule has 0 spiro atoms. The van der Waals surface area contributed by atoms with E-state index in [0.29, 0.717) is 0 Å². The molecule has 0 aromatic carbocycles. The fourth-order valence-electron chi connectivity index (χ4n) is 1.02. The van der Waals surface area contributed by atoms with Crippen molar-refractivity contribution in [3.8, 4) is 0 Å². The molecular weight excluding hydrogens is 176 g/mol. The zero-order valence-electron chi connectivity index (χ0n) is 10.5. The first-order valence-corrected chi connectivity index (χ1v) is 5.03. The van der Waals surface area contributed by atoms with Crippen LogP contribution in [0.25, 0.3) is 0 Å². The lowest BCUT2D eigenvalue weighted by atomic mass is 9.85. The van der Waals surface area contributed by atoms with Crippen LogP contribution in [-0.2, 0) is 4.74 Å². The first kappa shape index (κ1) is 13.5. The van der Waals surface area contributed by atoms with Crippen LogP contribution in [0.3, 0.4) is 0 Å². The van der Waals surface area contributed by atoms with Gasteiger partial charge in [-0.3, -0.25) is 0 Å². The zero-order chi connectivity index (χ0) is 11.6. The monoisotopic (exact) mass is 200 g/mol. The van der Waals surface area contributed by atoms with Crippen LogP contribution in [0.4, 0.5) is 0 Å². The van der Waals surface area contributed by atoms with Gasteiger partial charge < -0.3 is 9.84 Å². The predicted octanol–water partition coefficient (Wildman–Crippen LogP) is 2.97.